The predicted octanol–water partition coefficient (Wildman–Crippen LogP) is 0.0628. The van der Waals surface area contributed by atoms with Gasteiger partial charge in [-0.05, 0) is 24.3 Å². The molecule has 0 spiro atoms. The number of hydrogen-bond donors (Lipinski definition) is 0. The van der Waals surface area contributed by atoms with Gasteiger partial charge in [-0.25, -0.2) is 12.8 Å². The quantitative estimate of drug-likeness (QED) is 0.336. The van der Waals surface area contributed by atoms with Crippen LogP contribution >= 0.6 is 8.87 Å². The van der Waals surface area contributed by atoms with Gasteiger partial charge in [-0.1, -0.05) is 0 Å². The van der Waals surface area contributed by atoms with Crippen LogP contribution in [0.15, 0.2) is 29.2 Å². The van der Waals surface area contributed by atoms with E-state index >= 15 is 0 Å². The molecule has 0 radical (unpaired) electrons. The molecular weight excluding hydrogens is 302 g/mol. The molecule has 17 heavy (non-hydrogen) atoms. The van der Waals surface area contributed by atoms with Gasteiger partial charge in [0.05, 0.1) is 4.90 Å². The molecule has 1 aromatic rings. The second-order valence-corrected chi connectivity index (χ2v) is 9.37. The Hall–Kier alpha value is 0.130. The van der Waals surface area contributed by atoms with E-state index in [1.165, 1.54) is 0 Å². The summed E-state index contributed by atoms with van der Waals surface area (Å²) >= 11 is 0. The summed E-state index contributed by atoms with van der Waals surface area (Å²) in [5.41, 5.74) is 0. The summed E-state index contributed by atoms with van der Waals surface area (Å²) in [6.07, 6.45) is 0. The van der Waals surface area contributed by atoms with E-state index in [1.54, 1.807) is 0 Å². The molecule has 0 atom stereocenters. The Labute approximate surface area is 115 Å². The van der Waals surface area contributed by atoms with Crippen LogP contribution in [0.4, 0.5) is 19.9 Å². The summed E-state index contributed by atoms with van der Waals surface area (Å²) in [6, 6.07) is 0.149. The molecule has 0 fully saturated rings. The van der Waals surface area contributed by atoms with Crippen LogP contribution in [0.5, 0.6) is 0 Å². The predicted molar refractivity (Wildman–Crippen MR) is 46.4 cm³/mol. The minimum atomic E-state index is -9.98. The Morgan fingerprint density at radius 2 is 1.35 bits per heavy atom. The monoisotopic (exact) mass is 306 g/mol. The maximum absolute atomic E-state index is 12.9. The fourth-order valence-corrected chi connectivity index (χ4v) is 2.75. The standard InChI is InChI=1S/C6H5F5O3S2.Na/c7-5-1-3-6(4-2-5)16(8,9,10,11)15(12,13)14;/h1-4H,(H,12,13,14);/q;+1/p-1. The molecule has 0 amide bonds. The van der Waals surface area contributed by atoms with Crippen molar-refractivity contribution in [2.24, 2.45) is 0 Å². The molecule has 0 unspecified atom stereocenters. The van der Waals surface area contributed by atoms with E-state index in [2.05, 4.69) is 0 Å². The molecule has 0 aromatic heterocycles. The fraction of sp³-hybridized carbons (Fsp3) is 0. The average molecular weight is 306 g/mol. The average Bonchev–Trinajstić information content (AvgIpc) is 2.00. The van der Waals surface area contributed by atoms with Crippen LogP contribution in [-0.2, 0) is 9.15 Å². The SMILES string of the molecule is O=S(=O)([O-])S(F)(F)(F)(F)c1ccc(F)cc1.[Na+]. The van der Waals surface area contributed by atoms with Gasteiger partial charge in [0.25, 0.3) is 8.87 Å². The van der Waals surface area contributed by atoms with Gasteiger partial charge in [-0.2, -0.15) is 0 Å². The Kier molecular flexibility index (Phi) is 3.84. The van der Waals surface area contributed by atoms with Gasteiger partial charge in [0.1, 0.15) is 5.82 Å². The third kappa shape index (κ3) is 2.61. The third-order valence-electron chi connectivity index (χ3n) is 1.68. The van der Waals surface area contributed by atoms with Crippen molar-refractivity contribution in [3.63, 3.8) is 0 Å². The number of rotatable bonds is 2. The second kappa shape index (κ2) is 3.81. The van der Waals surface area contributed by atoms with Gasteiger partial charge in [-0.3, -0.25) is 0 Å². The van der Waals surface area contributed by atoms with Crippen LogP contribution in [0, 0.1) is 5.82 Å². The maximum Gasteiger partial charge on any atom is 1.00 e. The first kappa shape index (κ1) is 17.1. The molecule has 94 valence electrons. The zero-order chi connectivity index (χ0) is 12.9. The first-order chi connectivity index (χ1) is 6.78. The molecular formula is C6H4F5NaO3S2. The van der Waals surface area contributed by atoms with Crippen LogP contribution in [-0.4, -0.2) is 13.0 Å². The zero-order valence-electron chi connectivity index (χ0n) is 8.24. The van der Waals surface area contributed by atoms with Crippen molar-refractivity contribution in [3.8, 4) is 0 Å². The van der Waals surface area contributed by atoms with Crippen molar-refractivity contribution >= 4 is 18.0 Å². The maximum atomic E-state index is 12.9. The third-order valence-corrected chi connectivity index (χ3v) is 6.72. The molecule has 0 saturated heterocycles. The molecule has 3 nitrogen and oxygen atoms in total. The fourth-order valence-electron chi connectivity index (χ4n) is 0.814. The summed E-state index contributed by atoms with van der Waals surface area (Å²) in [7, 11) is -17.2. The van der Waals surface area contributed by atoms with Crippen LogP contribution in [0.3, 0.4) is 0 Å². The summed E-state index contributed by atoms with van der Waals surface area (Å²) in [5.74, 6) is -1.12. The first-order valence-electron chi connectivity index (χ1n) is 3.50. The molecule has 0 bridgehead atoms. The second-order valence-electron chi connectivity index (χ2n) is 2.86. The Bertz CT molecular complexity index is 534. The topological polar surface area (TPSA) is 57.2 Å². The summed E-state index contributed by atoms with van der Waals surface area (Å²) in [6.45, 7) is 0. The molecule has 11 heteroatoms. The normalized spacial score (nSPS) is 16.6. The first-order valence-corrected chi connectivity index (χ1v) is 7.47. The van der Waals surface area contributed by atoms with Gasteiger partial charge in [0, 0.05) is 0 Å². The molecule has 0 heterocycles. The number of halogens is 5. The minimum Gasteiger partial charge on any atom is -0.734 e. The van der Waals surface area contributed by atoms with E-state index in [9.17, 15) is 32.9 Å². The van der Waals surface area contributed by atoms with E-state index in [-0.39, 0.29) is 53.8 Å². The van der Waals surface area contributed by atoms with E-state index in [0.717, 1.165) is 0 Å². The summed E-state index contributed by atoms with van der Waals surface area (Å²) in [4.78, 5) is -2.30. The van der Waals surface area contributed by atoms with Crippen molar-refractivity contribution in [2.75, 3.05) is 0 Å². The molecule has 0 saturated carbocycles. The summed E-state index contributed by atoms with van der Waals surface area (Å²) in [5, 5.41) is 0. The van der Waals surface area contributed by atoms with Crippen molar-refractivity contribution in [3.05, 3.63) is 30.1 Å². The molecule has 0 aliphatic rings. The van der Waals surface area contributed by atoms with Crippen LogP contribution in [0.2, 0.25) is 0 Å². The van der Waals surface area contributed by atoms with Gasteiger partial charge >= 0.3 is 29.6 Å². The summed E-state index contributed by atoms with van der Waals surface area (Å²) < 4.78 is 94.3. The number of hydrogen-bond acceptors (Lipinski definition) is 3. The van der Waals surface area contributed by atoms with Crippen LogP contribution in [0.1, 0.15) is 0 Å². The number of benzene rings is 1. The Morgan fingerprint density at radius 3 is 1.65 bits per heavy atom. The van der Waals surface area contributed by atoms with Gasteiger partial charge in [0.15, 0.2) is 0 Å². The molecule has 0 N–H and O–H groups in total. The van der Waals surface area contributed by atoms with Crippen LogP contribution in [0.25, 0.3) is 0 Å². The van der Waals surface area contributed by atoms with Crippen molar-refractivity contribution in [1.29, 1.82) is 0 Å². The Balaban J connectivity index is 0.00000256. The smallest absolute Gasteiger partial charge is 0.734 e. The van der Waals surface area contributed by atoms with E-state index in [4.69, 9.17) is 0 Å². The zero-order valence-corrected chi connectivity index (χ0v) is 11.9. The van der Waals surface area contributed by atoms with Crippen molar-refractivity contribution in [1.82, 2.24) is 0 Å². The largest absolute Gasteiger partial charge is 1.00 e. The molecule has 0 aliphatic heterocycles. The van der Waals surface area contributed by atoms with E-state index < -0.39 is 28.7 Å². The van der Waals surface area contributed by atoms with Crippen LogP contribution < -0.4 is 29.6 Å². The minimum absolute atomic E-state index is 0. The van der Waals surface area contributed by atoms with Crippen molar-refractivity contribution < 1.29 is 62.5 Å². The van der Waals surface area contributed by atoms with Gasteiger partial charge < -0.3 is 4.55 Å². The molecule has 0 aliphatic carbocycles. The van der Waals surface area contributed by atoms with E-state index in [0.29, 0.717) is 0 Å². The molecule has 1 rings (SSSR count). The van der Waals surface area contributed by atoms with Crippen molar-refractivity contribution in [2.45, 2.75) is 4.90 Å². The van der Waals surface area contributed by atoms with E-state index in [1.807, 2.05) is 0 Å². The van der Waals surface area contributed by atoms with Gasteiger partial charge in [0.2, 0.25) is 9.15 Å². The Morgan fingerprint density at radius 1 is 1.00 bits per heavy atom. The van der Waals surface area contributed by atoms with Gasteiger partial charge in [-0.15, -0.1) is 15.5 Å². The molecule has 1 aromatic carbocycles.